The Morgan fingerprint density at radius 2 is 2.00 bits per heavy atom. The van der Waals surface area contributed by atoms with Crippen LogP contribution in [0.3, 0.4) is 0 Å². The minimum atomic E-state index is -0.589. The van der Waals surface area contributed by atoms with Gasteiger partial charge in [-0.05, 0) is 49.8 Å². The number of carbonyl (C=O) groups is 2. The monoisotopic (exact) mass is 398 g/mol. The Balaban J connectivity index is 2.10. The number of rotatable bonds is 5. The first-order chi connectivity index (χ1) is 14.0. The smallest absolute Gasteiger partial charge is 0.346 e. The van der Waals surface area contributed by atoms with Gasteiger partial charge in [-0.15, -0.1) is 0 Å². The highest BCUT2D eigenvalue weighted by molar-refractivity contribution is 5.98. The SMILES string of the molecule is CCOC(=O)C=Cc1ccc2c(c1OC)C(=O)OCc1cc(C)cc(OC)c1O2. The van der Waals surface area contributed by atoms with Gasteiger partial charge in [-0.1, -0.05) is 0 Å². The average Bonchev–Trinajstić information content (AvgIpc) is 2.70. The number of fused-ring (bicyclic) bond motifs is 2. The van der Waals surface area contributed by atoms with E-state index in [2.05, 4.69) is 0 Å². The van der Waals surface area contributed by atoms with E-state index in [1.165, 1.54) is 19.3 Å². The van der Waals surface area contributed by atoms with Crippen LogP contribution in [0.5, 0.6) is 23.0 Å². The number of aryl methyl sites for hydroxylation is 1. The Morgan fingerprint density at radius 1 is 1.21 bits per heavy atom. The van der Waals surface area contributed by atoms with Crippen LogP contribution in [0.4, 0.5) is 0 Å². The van der Waals surface area contributed by atoms with Crippen LogP contribution in [-0.4, -0.2) is 32.8 Å². The van der Waals surface area contributed by atoms with Gasteiger partial charge < -0.3 is 23.7 Å². The number of cyclic esters (lactones) is 1. The zero-order valence-electron chi connectivity index (χ0n) is 16.7. The van der Waals surface area contributed by atoms with E-state index in [4.69, 9.17) is 23.7 Å². The number of benzene rings is 2. The van der Waals surface area contributed by atoms with Crippen molar-refractivity contribution < 1.29 is 33.3 Å². The van der Waals surface area contributed by atoms with Crippen molar-refractivity contribution in [3.05, 3.63) is 52.6 Å². The zero-order chi connectivity index (χ0) is 21.0. The lowest BCUT2D eigenvalue weighted by Crippen LogP contribution is -2.13. The molecule has 0 saturated carbocycles. The van der Waals surface area contributed by atoms with Crippen molar-refractivity contribution in [1.82, 2.24) is 0 Å². The van der Waals surface area contributed by atoms with Crippen molar-refractivity contribution in [1.29, 1.82) is 0 Å². The van der Waals surface area contributed by atoms with Gasteiger partial charge in [-0.3, -0.25) is 0 Å². The minimum Gasteiger partial charge on any atom is -0.495 e. The lowest BCUT2D eigenvalue weighted by molar-refractivity contribution is -0.137. The van der Waals surface area contributed by atoms with E-state index in [0.29, 0.717) is 22.6 Å². The molecule has 0 atom stereocenters. The molecule has 0 unspecified atom stereocenters. The summed E-state index contributed by atoms with van der Waals surface area (Å²) in [7, 11) is 2.98. The zero-order valence-corrected chi connectivity index (χ0v) is 16.7. The first kappa shape index (κ1) is 20.3. The second-order valence-electron chi connectivity index (χ2n) is 6.28. The van der Waals surface area contributed by atoms with Crippen molar-refractivity contribution in [2.45, 2.75) is 20.5 Å². The van der Waals surface area contributed by atoms with E-state index in [0.717, 1.165) is 5.56 Å². The molecule has 2 aromatic rings. The third-order valence-electron chi connectivity index (χ3n) is 4.31. The summed E-state index contributed by atoms with van der Waals surface area (Å²) >= 11 is 0. The number of ether oxygens (including phenoxy) is 5. The van der Waals surface area contributed by atoms with Crippen molar-refractivity contribution in [2.75, 3.05) is 20.8 Å². The summed E-state index contributed by atoms with van der Waals surface area (Å²) < 4.78 is 27.3. The molecule has 0 bridgehead atoms. The van der Waals surface area contributed by atoms with Gasteiger partial charge >= 0.3 is 11.9 Å². The molecule has 29 heavy (non-hydrogen) atoms. The predicted octanol–water partition coefficient (Wildman–Crippen LogP) is 4.05. The minimum absolute atomic E-state index is 0.0255. The molecule has 7 nitrogen and oxygen atoms in total. The molecule has 0 amide bonds. The number of hydrogen-bond donors (Lipinski definition) is 0. The first-order valence-electron chi connectivity index (χ1n) is 9.06. The molecule has 0 aliphatic carbocycles. The average molecular weight is 398 g/mol. The van der Waals surface area contributed by atoms with Crippen LogP contribution in [0.25, 0.3) is 6.08 Å². The fourth-order valence-electron chi connectivity index (χ4n) is 3.07. The summed E-state index contributed by atoms with van der Waals surface area (Å²) in [6.45, 7) is 3.93. The summed E-state index contributed by atoms with van der Waals surface area (Å²) in [4.78, 5) is 24.4. The lowest BCUT2D eigenvalue weighted by atomic mass is 10.0. The standard InChI is InChI=1S/C22H22O7/c1-5-27-18(23)9-7-14-6-8-16-19(21(14)26-4)22(24)28-12-15-10-13(2)11-17(25-3)20(15)29-16/h6-11H,5,12H2,1-4H3. The normalized spacial score (nSPS) is 12.8. The highest BCUT2D eigenvalue weighted by Crippen LogP contribution is 2.43. The molecule has 1 aliphatic rings. The van der Waals surface area contributed by atoms with Crippen LogP contribution in [0.1, 0.15) is 34.0 Å². The van der Waals surface area contributed by atoms with Gasteiger partial charge in [0.1, 0.15) is 23.7 Å². The number of carbonyl (C=O) groups excluding carboxylic acids is 2. The first-order valence-corrected chi connectivity index (χ1v) is 9.06. The molecule has 0 fully saturated rings. The van der Waals surface area contributed by atoms with Gasteiger partial charge in [0.15, 0.2) is 11.5 Å². The van der Waals surface area contributed by atoms with Gasteiger partial charge in [-0.2, -0.15) is 0 Å². The van der Waals surface area contributed by atoms with Crippen LogP contribution in [0.15, 0.2) is 30.3 Å². The van der Waals surface area contributed by atoms with E-state index >= 15 is 0 Å². The Bertz CT molecular complexity index is 976. The van der Waals surface area contributed by atoms with Crippen LogP contribution in [0, 0.1) is 6.92 Å². The van der Waals surface area contributed by atoms with Gasteiger partial charge in [0.05, 0.1) is 20.8 Å². The summed E-state index contributed by atoms with van der Waals surface area (Å²) in [5, 5.41) is 0. The molecule has 1 aliphatic heterocycles. The maximum absolute atomic E-state index is 12.8. The molecule has 152 valence electrons. The van der Waals surface area contributed by atoms with E-state index < -0.39 is 11.9 Å². The molecule has 0 aromatic heterocycles. The maximum Gasteiger partial charge on any atom is 0.346 e. The maximum atomic E-state index is 12.8. The number of methoxy groups -OCH3 is 2. The van der Waals surface area contributed by atoms with Crippen molar-refractivity contribution in [2.24, 2.45) is 0 Å². The summed E-state index contributed by atoms with van der Waals surface area (Å²) in [6, 6.07) is 7.03. The van der Waals surface area contributed by atoms with Crippen molar-refractivity contribution in [3.8, 4) is 23.0 Å². The Labute approximate surface area is 168 Å². The molecule has 1 heterocycles. The largest absolute Gasteiger partial charge is 0.495 e. The van der Waals surface area contributed by atoms with E-state index in [9.17, 15) is 9.59 Å². The van der Waals surface area contributed by atoms with Gasteiger partial charge in [0, 0.05) is 17.2 Å². The Morgan fingerprint density at radius 3 is 2.69 bits per heavy atom. The number of hydrogen-bond acceptors (Lipinski definition) is 7. The highest BCUT2D eigenvalue weighted by Gasteiger charge is 2.27. The molecule has 2 aromatic carbocycles. The Kier molecular flexibility index (Phi) is 6.07. The fourth-order valence-corrected chi connectivity index (χ4v) is 3.07. The molecule has 0 N–H and O–H groups in total. The summed E-state index contributed by atoms with van der Waals surface area (Å²) in [5.41, 5.74) is 2.30. The molecular weight excluding hydrogens is 376 g/mol. The quantitative estimate of drug-likeness (QED) is 0.555. The number of esters is 2. The highest BCUT2D eigenvalue weighted by atomic mass is 16.6. The predicted molar refractivity (Wildman–Crippen MR) is 106 cm³/mol. The Hall–Kier alpha value is -3.48. The van der Waals surface area contributed by atoms with E-state index in [1.54, 1.807) is 26.2 Å². The fraction of sp³-hybridized carbons (Fsp3) is 0.273. The summed E-state index contributed by atoms with van der Waals surface area (Å²) in [5.74, 6) is 0.437. The lowest BCUT2D eigenvalue weighted by Gasteiger charge is -2.22. The van der Waals surface area contributed by atoms with Crippen LogP contribution >= 0.6 is 0 Å². The molecule has 3 rings (SSSR count). The van der Waals surface area contributed by atoms with Crippen LogP contribution in [-0.2, 0) is 20.9 Å². The topological polar surface area (TPSA) is 80.3 Å². The van der Waals surface area contributed by atoms with Gasteiger partial charge in [-0.25, -0.2) is 9.59 Å². The molecule has 7 heteroatoms. The van der Waals surface area contributed by atoms with Crippen molar-refractivity contribution in [3.63, 3.8) is 0 Å². The third kappa shape index (κ3) is 4.18. The van der Waals surface area contributed by atoms with Gasteiger partial charge in [0.25, 0.3) is 0 Å². The molecular formula is C22H22O7. The van der Waals surface area contributed by atoms with Crippen LogP contribution < -0.4 is 14.2 Å². The van der Waals surface area contributed by atoms with Gasteiger partial charge in [0.2, 0.25) is 0 Å². The summed E-state index contributed by atoms with van der Waals surface area (Å²) in [6.07, 6.45) is 2.78. The molecule has 0 saturated heterocycles. The van der Waals surface area contributed by atoms with Crippen molar-refractivity contribution >= 4 is 18.0 Å². The van der Waals surface area contributed by atoms with E-state index in [-0.39, 0.29) is 30.3 Å². The molecule has 0 radical (unpaired) electrons. The second kappa shape index (κ2) is 8.68. The molecule has 0 spiro atoms. The van der Waals surface area contributed by atoms with E-state index in [1.807, 2.05) is 19.1 Å². The third-order valence-corrected chi connectivity index (χ3v) is 4.31. The second-order valence-corrected chi connectivity index (χ2v) is 6.28. The van der Waals surface area contributed by atoms with Crippen LogP contribution in [0.2, 0.25) is 0 Å².